The smallest absolute Gasteiger partial charge is 0.328 e. The van der Waals surface area contributed by atoms with E-state index in [2.05, 4.69) is 26.7 Å². The van der Waals surface area contributed by atoms with E-state index in [-0.39, 0.29) is 23.7 Å². The van der Waals surface area contributed by atoms with Crippen LogP contribution in [0.3, 0.4) is 0 Å². The highest BCUT2D eigenvalue weighted by Crippen LogP contribution is 2.31. The summed E-state index contributed by atoms with van der Waals surface area (Å²) in [4.78, 5) is 49.0. The fraction of sp³-hybridized carbons (Fsp3) is 0.444. The Hall–Kier alpha value is -4.30. The van der Waals surface area contributed by atoms with Gasteiger partial charge in [-0.2, -0.15) is 5.26 Å². The number of nitrogens with zero attached hydrogens (tertiary/aromatic N) is 5. The number of anilines is 3. The van der Waals surface area contributed by atoms with Crippen LogP contribution in [0.25, 0.3) is 0 Å². The van der Waals surface area contributed by atoms with Crippen molar-refractivity contribution in [2.45, 2.75) is 44.4 Å². The zero-order valence-electron chi connectivity index (χ0n) is 21.6. The van der Waals surface area contributed by atoms with E-state index in [1.165, 1.54) is 11.1 Å². The van der Waals surface area contributed by atoms with E-state index < -0.39 is 6.03 Å². The minimum atomic E-state index is -0.436. The Kier molecular flexibility index (Phi) is 7.84. The first kappa shape index (κ1) is 26.3. The molecule has 12 heteroatoms. The van der Waals surface area contributed by atoms with Gasteiger partial charge in [-0.1, -0.05) is 0 Å². The molecule has 2 fully saturated rings. The summed E-state index contributed by atoms with van der Waals surface area (Å²) in [6.07, 6.45) is 4.67. The zero-order valence-corrected chi connectivity index (χ0v) is 21.6. The standard InChI is InChI=1S/C27H29N7O5/c1-38-24-4-7-33(23(24)15-36)13-18-9-17-3-2-6-34(26(17)31-22(18)14-35)27(37)32-25-10-21(19(11-28)12-29-25)30-20-5-8-39-16-20/h9-10,12,14,20,24H,2-8,13,16H2,1H3,(H2,29,30,32,37)/t20-,24+/m1/s1. The minimum Gasteiger partial charge on any atom is -0.379 e. The predicted molar refractivity (Wildman–Crippen MR) is 141 cm³/mol. The maximum absolute atomic E-state index is 13.3. The number of hydrogen-bond donors (Lipinski definition) is 2. The topological polar surface area (TPSA) is 150 Å². The number of fused-ring (bicyclic) bond motifs is 1. The van der Waals surface area contributed by atoms with Gasteiger partial charge in [0.2, 0.25) is 0 Å². The van der Waals surface area contributed by atoms with Crippen LogP contribution in [0.1, 0.15) is 46.4 Å². The van der Waals surface area contributed by atoms with Crippen LogP contribution in [-0.2, 0) is 27.2 Å². The Morgan fingerprint density at radius 1 is 1.33 bits per heavy atom. The summed E-state index contributed by atoms with van der Waals surface area (Å²) < 4.78 is 10.8. The van der Waals surface area contributed by atoms with Crippen LogP contribution in [0.2, 0.25) is 0 Å². The van der Waals surface area contributed by atoms with Crippen molar-refractivity contribution < 1.29 is 23.9 Å². The van der Waals surface area contributed by atoms with Crippen molar-refractivity contribution in [2.75, 3.05) is 48.9 Å². The van der Waals surface area contributed by atoms with Gasteiger partial charge in [0, 0.05) is 51.2 Å². The highest BCUT2D eigenvalue weighted by atomic mass is 16.5. The van der Waals surface area contributed by atoms with Gasteiger partial charge in [-0.25, -0.2) is 19.6 Å². The first-order valence-corrected chi connectivity index (χ1v) is 12.9. The summed E-state index contributed by atoms with van der Waals surface area (Å²) >= 11 is 0. The van der Waals surface area contributed by atoms with Crippen LogP contribution in [-0.4, -0.2) is 78.7 Å². The molecule has 0 spiro atoms. The maximum atomic E-state index is 13.3. The number of hydrogen-bond acceptors (Lipinski definition) is 10. The van der Waals surface area contributed by atoms with Crippen LogP contribution in [0.5, 0.6) is 0 Å². The highest BCUT2D eigenvalue weighted by molar-refractivity contribution is 6.01. The summed E-state index contributed by atoms with van der Waals surface area (Å²) in [6.45, 7) is 2.55. The van der Waals surface area contributed by atoms with Crippen LogP contribution in [0.15, 0.2) is 24.0 Å². The van der Waals surface area contributed by atoms with Crippen molar-refractivity contribution in [3.05, 3.63) is 46.4 Å². The molecule has 39 heavy (non-hydrogen) atoms. The van der Waals surface area contributed by atoms with E-state index in [1.54, 1.807) is 13.2 Å². The predicted octanol–water partition coefficient (Wildman–Crippen LogP) is 2.28. The summed E-state index contributed by atoms with van der Waals surface area (Å²) in [5.41, 5.74) is 3.10. The van der Waals surface area contributed by atoms with Crippen LogP contribution >= 0.6 is 0 Å². The van der Waals surface area contributed by atoms with Crippen molar-refractivity contribution in [1.82, 2.24) is 14.9 Å². The number of nitrogens with one attached hydrogen (secondary N) is 2. The van der Waals surface area contributed by atoms with E-state index in [9.17, 15) is 19.6 Å². The molecule has 0 aromatic carbocycles. The molecule has 5 rings (SSSR count). The molecule has 0 saturated carbocycles. The number of amides is 2. The maximum Gasteiger partial charge on any atom is 0.328 e. The first-order chi connectivity index (χ1) is 19.0. The molecule has 2 amide bonds. The zero-order chi connectivity index (χ0) is 27.4. The molecule has 3 aliphatic heterocycles. The molecule has 0 radical (unpaired) electrons. The third kappa shape index (κ3) is 5.47. The number of aromatic nitrogens is 2. The second kappa shape index (κ2) is 11.6. The van der Waals surface area contributed by atoms with Gasteiger partial charge in [0.25, 0.3) is 0 Å². The summed E-state index contributed by atoms with van der Waals surface area (Å²) in [5.74, 6) is 2.68. The molecule has 202 valence electrons. The van der Waals surface area contributed by atoms with Crippen molar-refractivity contribution in [1.29, 1.82) is 5.26 Å². The number of urea groups is 1. The van der Waals surface area contributed by atoms with E-state index >= 15 is 0 Å². The Bertz CT molecular complexity index is 1360. The monoisotopic (exact) mass is 531 g/mol. The fourth-order valence-corrected chi connectivity index (χ4v) is 5.23. The summed E-state index contributed by atoms with van der Waals surface area (Å²) in [5, 5.41) is 15.6. The first-order valence-electron chi connectivity index (χ1n) is 12.9. The van der Waals surface area contributed by atoms with Crippen molar-refractivity contribution in [3.63, 3.8) is 0 Å². The van der Waals surface area contributed by atoms with Crippen LogP contribution < -0.4 is 15.5 Å². The van der Waals surface area contributed by atoms with Gasteiger partial charge in [-0.15, -0.1) is 0 Å². The van der Waals surface area contributed by atoms with Gasteiger partial charge in [0.1, 0.15) is 41.1 Å². The van der Waals surface area contributed by atoms with Gasteiger partial charge < -0.3 is 19.7 Å². The largest absolute Gasteiger partial charge is 0.379 e. The Morgan fingerprint density at radius 3 is 2.92 bits per heavy atom. The molecule has 0 bridgehead atoms. The summed E-state index contributed by atoms with van der Waals surface area (Å²) in [6, 6.07) is 5.28. The number of aryl methyl sites for hydroxylation is 1. The Morgan fingerprint density at radius 2 is 2.21 bits per heavy atom. The quantitative estimate of drug-likeness (QED) is 0.402. The van der Waals surface area contributed by atoms with Gasteiger partial charge >= 0.3 is 6.03 Å². The van der Waals surface area contributed by atoms with Crippen molar-refractivity contribution in [3.8, 4) is 6.07 Å². The van der Waals surface area contributed by atoms with E-state index in [0.29, 0.717) is 86.7 Å². The van der Waals surface area contributed by atoms with Crippen LogP contribution in [0.4, 0.5) is 22.1 Å². The molecule has 2 atom stereocenters. The molecule has 0 aliphatic carbocycles. The number of carbonyl (C=O) groups excluding carboxylic acids is 3. The third-order valence-electron chi connectivity index (χ3n) is 7.24. The second-order valence-electron chi connectivity index (χ2n) is 9.67. The Labute approximate surface area is 225 Å². The number of nitriles is 1. The molecular formula is C27H29N7O5. The normalized spacial score (nSPS) is 20.3. The fourth-order valence-electron chi connectivity index (χ4n) is 5.23. The average Bonchev–Trinajstić information content (AvgIpc) is 3.61. The molecule has 2 aromatic heterocycles. The molecule has 2 saturated heterocycles. The molecule has 0 unspecified atom stereocenters. The molecular weight excluding hydrogens is 502 g/mol. The van der Waals surface area contributed by atoms with Gasteiger partial charge in [-0.05, 0) is 37.3 Å². The van der Waals surface area contributed by atoms with Gasteiger partial charge in [0.15, 0.2) is 6.29 Å². The average molecular weight is 532 g/mol. The highest BCUT2D eigenvalue weighted by Gasteiger charge is 2.31. The van der Waals surface area contributed by atoms with Gasteiger partial charge in [0.05, 0.1) is 23.9 Å². The number of carbonyl (C=O) groups is 2. The van der Waals surface area contributed by atoms with Crippen molar-refractivity contribution in [2.24, 2.45) is 0 Å². The lowest BCUT2D eigenvalue weighted by Gasteiger charge is -2.29. The number of methoxy groups -OCH3 is 1. The van der Waals surface area contributed by atoms with E-state index in [0.717, 1.165) is 12.0 Å². The third-order valence-corrected chi connectivity index (χ3v) is 7.24. The number of ether oxygens (including phenoxy) is 2. The molecule has 3 aliphatic rings. The molecule has 2 aromatic rings. The number of aldehydes is 1. The minimum absolute atomic E-state index is 0.0798. The molecule has 12 nitrogen and oxygen atoms in total. The Balaban J connectivity index is 1.36. The molecule has 5 heterocycles. The second-order valence-corrected chi connectivity index (χ2v) is 9.67. The van der Waals surface area contributed by atoms with Crippen molar-refractivity contribution >= 4 is 35.6 Å². The summed E-state index contributed by atoms with van der Waals surface area (Å²) in [7, 11) is 1.55. The lowest BCUT2D eigenvalue weighted by Crippen LogP contribution is -2.40. The van der Waals surface area contributed by atoms with Gasteiger partial charge in [-0.3, -0.25) is 15.0 Å². The SMILES string of the molecule is CO[C@H]1CCN(Cc2cc3c(nc2C=O)N(C(=O)Nc2cc(N[C@@H]4CCOC4)c(C#N)cn2)CCC3)C1=C=O. The van der Waals surface area contributed by atoms with Crippen LogP contribution in [0, 0.1) is 11.3 Å². The molecule has 2 N–H and O–H groups in total. The van der Waals surface area contributed by atoms with E-state index in [1.807, 2.05) is 16.9 Å². The lowest BCUT2D eigenvalue weighted by molar-refractivity contribution is 0.111. The number of likely N-dealkylation sites (tertiary alicyclic amines) is 1. The number of pyridine rings is 2. The lowest BCUT2D eigenvalue weighted by atomic mass is 10.0. The van der Waals surface area contributed by atoms with E-state index in [4.69, 9.17) is 9.47 Å². The number of rotatable bonds is 7.